The van der Waals surface area contributed by atoms with E-state index in [2.05, 4.69) is 33.2 Å². The number of rotatable bonds is 2. The third kappa shape index (κ3) is 2.60. The van der Waals surface area contributed by atoms with Gasteiger partial charge in [0.15, 0.2) is 6.19 Å². The van der Waals surface area contributed by atoms with Gasteiger partial charge in [0.05, 0.1) is 13.3 Å². The first-order chi connectivity index (χ1) is 5.86. The topological polar surface area (TPSA) is 63.5 Å². The van der Waals surface area contributed by atoms with Crippen molar-refractivity contribution in [2.45, 2.75) is 0 Å². The summed E-state index contributed by atoms with van der Waals surface area (Å²) in [6.07, 6.45) is 1.81. The van der Waals surface area contributed by atoms with Crippen LogP contribution in [-0.4, -0.2) is 36.5 Å². The van der Waals surface area contributed by atoms with Gasteiger partial charge in [-0.3, -0.25) is 10.2 Å². The van der Waals surface area contributed by atoms with Crippen LogP contribution in [0, 0.1) is 11.5 Å². The van der Waals surface area contributed by atoms with Gasteiger partial charge in [-0.25, -0.2) is 4.99 Å². The molecule has 66 valence electrons. The van der Waals surface area contributed by atoms with E-state index in [-0.39, 0.29) is 0 Å². The molecule has 1 rings (SSSR count). The Morgan fingerprint density at radius 2 is 2.67 bits per heavy atom. The Balaban J connectivity index is 2.32. The number of nitrogens with one attached hydrogen (secondary N) is 2. The number of nitriles is 1. The summed E-state index contributed by atoms with van der Waals surface area (Å²) in [5.74, 6) is 1.37. The molecule has 0 aromatic carbocycles. The van der Waals surface area contributed by atoms with Crippen molar-refractivity contribution in [2.24, 2.45) is 4.99 Å². The number of thiol groups is 1. The molecule has 1 heterocycles. The molecular weight excluding hydrogens is 174 g/mol. The summed E-state index contributed by atoms with van der Waals surface area (Å²) in [7, 11) is 0. The molecule has 0 spiro atoms. The first-order valence-electron chi connectivity index (χ1n) is 3.63. The molecule has 12 heavy (non-hydrogen) atoms. The van der Waals surface area contributed by atoms with Crippen molar-refractivity contribution >= 4 is 18.6 Å². The van der Waals surface area contributed by atoms with Crippen LogP contribution in [0.3, 0.4) is 0 Å². The summed E-state index contributed by atoms with van der Waals surface area (Å²) >= 11 is 4.11. The molecule has 0 aromatic rings. The summed E-state index contributed by atoms with van der Waals surface area (Å²) in [4.78, 5) is 6.18. The van der Waals surface area contributed by atoms with Gasteiger partial charge in [-0.15, -0.1) is 0 Å². The molecule has 5 nitrogen and oxygen atoms in total. The van der Waals surface area contributed by atoms with E-state index in [9.17, 15) is 0 Å². The van der Waals surface area contributed by atoms with Crippen LogP contribution >= 0.6 is 12.6 Å². The molecule has 0 atom stereocenters. The fraction of sp³-hybridized carbons (Fsp3) is 0.667. The molecular formula is C6H11N5S. The van der Waals surface area contributed by atoms with Gasteiger partial charge in [0.25, 0.3) is 0 Å². The molecule has 0 saturated heterocycles. The summed E-state index contributed by atoms with van der Waals surface area (Å²) in [5, 5.41) is 13.7. The molecule has 6 heteroatoms. The van der Waals surface area contributed by atoms with Gasteiger partial charge < -0.3 is 5.32 Å². The number of hydrogen-bond acceptors (Lipinski definition) is 6. The van der Waals surface area contributed by atoms with Crippen LogP contribution in [0.25, 0.3) is 0 Å². The molecule has 1 aliphatic heterocycles. The van der Waals surface area contributed by atoms with E-state index < -0.39 is 0 Å². The van der Waals surface area contributed by atoms with Gasteiger partial charge in [0, 0.05) is 12.3 Å². The molecule has 0 fully saturated rings. The molecule has 0 bridgehead atoms. The van der Waals surface area contributed by atoms with E-state index in [1.165, 1.54) is 0 Å². The van der Waals surface area contributed by atoms with Crippen molar-refractivity contribution in [3.63, 3.8) is 0 Å². The largest absolute Gasteiger partial charge is 0.343 e. The van der Waals surface area contributed by atoms with E-state index in [1.807, 2.05) is 6.19 Å². The molecule has 0 aromatic heterocycles. The zero-order chi connectivity index (χ0) is 8.81. The van der Waals surface area contributed by atoms with Crippen molar-refractivity contribution in [1.29, 1.82) is 5.26 Å². The second-order valence-corrected chi connectivity index (χ2v) is 2.79. The van der Waals surface area contributed by atoms with E-state index >= 15 is 0 Å². The highest BCUT2D eigenvalue weighted by atomic mass is 32.1. The third-order valence-corrected chi connectivity index (χ3v) is 1.69. The van der Waals surface area contributed by atoms with E-state index in [4.69, 9.17) is 5.26 Å². The number of guanidine groups is 1. The second kappa shape index (κ2) is 4.85. The Labute approximate surface area is 76.9 Å². The normalized spacial score (nSPS) is 17.5. The Morgan fingerprint density at radius 3 is 3.17 bits per heavy atom. The van der Waals surface area contributed by atoms with Crippen LogP contribution in [0.2, 0.25) is 0 Å². The van der Waals surface area contributed by atoms with Gasteiger partial charge in [-0.05, 0) is 0 Å². The van der Waals surface area contributed by atoms with Crippen molar-refractivity contribution in [3.8, 4) is 6.19 Å². The van der Waals surface area contributed by atoms with Crippen LogP contribution < -0.4 is 10.6 Å². The summed E-state index contributed by atoms with van der Waals surface area (Å²) in [6, 6.07) is 0. The Bertz CT molecular complexity index is 208. The lowest BCUT2D eigenvalue weighted by Crippen LogP contribution is -2.47. The predicted octanol–water partition coefficient (Wildman–Crippen LogP) is -0.837. The van der Waals surface area contributed by atoms with Crippen molar-refractivity contribution in [2.75, 3.05) is 25.6 Å². The minimum absolute atomic E-state index is 0.549. The quantitative estimate of drug-likeness (QED) is 0.298. The van der Waals surface area contributed by atoms with Crippen LogP contribution in [0.15, 0.2) is 4.99 Å². The maximum Gasteiger partial charge on any atom is 0.207 e. The SMILES string of the molecule is N#CNC1=NCN(CCS)CN1. The van der Waals surface area contributed by atoms with Crippen LogP contribution in [0.4, 0.5) is 0 Å². The summed E-state index contributed by atoms with van der Waals surface area (Å²) in [6.45, 7) is 2.24. The van der Waals surface area contributed by atoms with Gasteiger partial charge in [-0.2, -0.15) is 17.9 Å². The highest BCUT2D eigenvalue weighted by molar-refractivity contribution is 7.80. The zero-order valence-corrected chi connectivity index (χ0v) is 7.51. The number of hydrogen-bond donors (Lipinski definition) is 3. The van der Waals surface area contributed by atoms with Gasteiger partial charge >= 0.3 is 0 Å². The average molecular weight is 185 g/mol. The summed E-state index contributed by atoms with van der Waals surface area (Å²) < 4.78 is 0. The van der Waals surface area contributed by atoms with Gasteiger partial charge in [-0.1, -0.05) is 0 Å². The Hall–Kier alpha value is -0.930. The Morgan fingerprint density at radius 1 is 1.83 bits per heavy atom. The van der Waals surface area contributed by atoms with Gasteiger partial charge in [0.1, 0.15) is 0 Å². The van der Waals surface area contributed by atoms with Crippen molar-refractivity contribution < 1.29 is 0 Å². The molecule has 1 aliphatic rings. The fourth-order valence-corrected chi connectivity index (χ4v) is 1.17. The monoisotopic (exact) mass is 185 g/mol. The highest BCUT2D eigenvalue weighted by Gasteiger charge is 2.09. The smallest absolute Gasteiger partial charge is 0.207 e. The fourth-order valence-electron chi connectivity index (χ4n) is 0.891. The first-order valence-corrected chi connectivity index (χ1v) is 4.26. The van der Waals surface area contributed by atoms with Crippen molar-refractivity contribution in [3.05, 3.63) is 0 Å². The zero-order valence-electron chi connectivity index (χ0n) is 6.62. The van der Waals surface area contributed by atoms with E-state index in [0.717, 1.165) is 12.3 Å². The predicted molar refractivity (Wildman–Crippen MR) is 49.6 cm³/mol. The minimum Gasteiger partial charge on any atom is -0.343 e. The highest BCUT2D eigenvalue weighted by Crippen LogP contribution is 1.92. The molecule has 2 N–H and O–H groups in total. The number of nitrogens with zero attached hydrogens (tertiary/aromatic N) is 3. The molecule has 0 radical (unpaired) electrons. The third-order valence-electron chi connectivity index (χ3n) is 1.49. The minimum atomic E-state index is 0.549. The lowest BCUT2D eigenvalue weighted by atomic mass is 10.6. The molecule has 0 saturated carbocycles. The lowest BCUT2D eigenvalue weighted by molar-refractivity contribution is 0.280. The second-order valence-electron chi connectivity index (χ2n) is 2.34. The van der Waals surface area contributed by atoms with Gasteiger partial charge in [0.2, 0.25) is 5.96 Å². The number of aliphatic imine (C=N–C) groups is 1. The van der Waals surface area contributed by atoms with Crippen LogP contribution in [-0.2, 0) is 0 Å². The average Bonchev–Trinajstić information content (AvgIpc) is 2.09. The first kappa shape index (κ1) is 9.16. The Kier molecular flexibility index (Phi) is 3.70. The van der Waals surface area contributed by atoms with Crippen LogP contribution in [0.5, 0.6) is 0 Å². The molecule has 0 amide bonds. The van der Waals surface area contributed by atoms with E-state index in [1.54, 1.807) is 0 Å². The standard InChI is InChI=1S/C6H11N5S/c7-3-8-6-9-4-11(1-2-12)5-10-6/h12H,1-2,4-5H2,(H2,8,9,10). The van der Waals surface area contributed by atoms with E-state index in [0.29, 0.717) is 19.3 Å². The maximum absolute atomic E-state index is 8.28. The summed E-state index contributed by atoms with van der Waals surface area (Å²) in [5.41, 5.74) is 0. The van der Waals surface area contributed by atoms with Crippen molar-refractivity contribution in [1.82, 2.24) is 15.5 Å². The van der Waals surface area contributed by atoms with Crippen LogP contribution in [0.1, 0.15) is 0 Å². The molecule has 0 unspecified atom stereocenters. The maximum atomic E-state index is 8.28. The lowest BCUT2D eigenvalue weighted by Gasteiger charge is -2.25. The molecule has 0 aliphatic carbocycles.